The van der Waals surface area contributed by atoms with Gasteiger partial charge in [-0.1, -0.05) is 34.8 Å². The highest BCUT2D eigenvalue weighted by atomic mass is 35.5. The summed E-state index contributed by atoms with van der Waals surface area (Å²) in [5, 5.41) is 2.90. The molecule has 2 aromatic carbocycles. The van der Waals surface area contributed by atoms with Gasteiger partial charge in [-0.25, -0.2) is 0 Å². The van der Waals surface area contributed by atoms with Crippen molar-refractivity contribution in [3.8, 4) is 5.75 Å². The van der Waals surface area contributed by atoms with Crippen LogP contribution in [0.3, 0.4) is 0 Å². The Bertz CT molecular complexity index is 868. The summed E-state index contributed by atoms with van der Waals surface area (Å²) in [5.41, 5.74) is 0.117. The SMILES string of the molecule is CC(=O)Nc1cc(Cl)ccc1OS(=O)(=O)c1cc(Cl)ccc1Cl. The van der Waals surface area contributed by atoms with Gasteiger partial charge in [0, 0.05) is 17.0 Å². The van der Waals surface area contributed by atoms with E-state index in [1.807, 2.05) is 0 Å². The smallest absolute Gasteiger partial charge is 0.340 e. The first-order valence-electron chi connectivity index (χ1n) is 6.16. The summed E-state index contributed by atoms with van der Waals surface area (Å²) < 4.78 is 29.8. The van der Waals surface area contributed by atoms with Crippen LogP contribution in [0.1, 0.15) is 6.92 Å². The normalized spacial score (nSPS) is 11.1. The Kier molecular flexibility index (Phi) is 5.41. The third kappa shape index (κ3) is 4.51. The van der Waals surface area contributed by atoms with Gasteiger partial charge in [0.05, 0.1) is 10.7 Å². The van der Waals surface area contributed by atoms with Crippen LogP contribution in [0.2, 0.25) is 15.1 Å². The third-order valence-corrected chi connectivity index (χ3v) is 4.80. The Morgan fingerprint density at radius 3 is 2.30 bits per heavy atom. The molecule has 0 atom stereocenters. The maximum Gasteiger partial charge on any atom is 0.340 e. The number of hydrogen-bond donors (Lipinski definition) is 1. The summed E-state index contributed by atoms with van der Waals surface area (Å²) in [6.45, 7) is 1.27. The summed E-state index contributed by atoms with van der Waals surface area (Å²) in [5.74, 6) is -0.504. The molecule has 122 valence electrons. The molecule has 0 aromatic heterocycles. The van der Waals surface area contributed by atoms with Crippen LogP contribution in [0.15, 0.2) is 41.3 Å². The fraction of sp³-hybridized carbons (Fsp3) is 0.0714. The molecule has 0 aliphatic rings. The minimum absolute atomic E-state index is 0.0376. The van der Waals surface area contributed by atoms with E-state index in [4.69, 9.17) is 39.0 Å². The van der Waals surface area contributed by atoms with Crippen molar-refractivity contribution in [2.45, 2.75) is 11.8 Å². The van der Waals surface area contributed by atoms with Gasteiger partial charge < -0.3 is 9.50 Å². The van der Waals surface area contributed by atoms with Gasteiger partial charge in [0.25, 0.3) is 0 Å². The second-order valence-corrected chi connectivity index (χ2v) is 7.23. The molecular formula is C14H10Cl3NO4S. The minimum atomic E-state index is -4.25. The summed E-state index contributed by atoms with van der Waals surface area (Å²) in [6, 6.07) is 8.09. The molecule has 2 rings (SSSR count). The van der Waals surface area contributed by atoms with Gasteiger partial charge in [-0.2, -0.15) is 8.42 Å². The summed E-state index contributed by atoms with van der Waals surface area (Å²) in [7, 11) is -4.25. The Hall–Kier alpha value is -1.47. The van der Waals surface area contributed by atoms with Crippen LogP contribution in [0.4, 0.5) is 5.69 Å². The topological polar surface area (TPSA) is 72.5 Å². The zero-order valence-corrected chi connectivity index (χ0v) is 14.7. The summed E-state index contributed by atoms with van der Waals surface area (Å²) >= 11 is 17.5. The Morgan fingerprint density at radius 2 is 1.65 bits per heavy atom. The summed E-state index contributed by atoms with van der Waals surface area (Å²) in [6.07, 6.45) is 0. The van der Waals surface area contributed by atoms with Gasteiger partial charge >= 0.3 is 10.1 Å². The average molecular weight is 395 g/mol. The van der Waals surface area contributed by atoms with Crippen LogP contribution in [0.5, 0.6) is 5.75 Å². The van der Waals surface area contributed by atoms with Crippen molar-refractivity contribution in [2.24, 2.45) is 0 Å². The van der Waals surface area contributed by atoms with E-state index in [2.05, 4.69) is 5.32 Å². The Labute approximate surface area is 148 Å². The number of halogens is 3. The molecule has 23 heavy (non-hydrogen) atoms. The fourth-order valence-corrected chi connectivity index (χ4v) is 3.55. The van der Waals surface area contributed by atoms with Crippen molar-refractivity contribution >= 4 is 56.5 Å². The molecule has 0 unspecified atom stereocenters. The van der Waals surface area contributed by atoms with Gasteiger partial charge in [0.2, 0.25) is 5.91 Å². The van der Waals surface area contributed by atoms with E-state index in [1.165, 1.54) is 43.3 Å². The molecule has 2 aromatic rings. The van der Waals surface area contributed by atoms with E-state index < -0.39 is 16.0 Å². The quantitative estimate of drug-likeness (QED) is 0.781. The standard InChI is InChI=1S/C14H10Cl3NO4S/c1-8(19)18-12-6-9(15)3-5-13(12)22-23(20,21)14-7-10(16)2-4-11(14)17/h2-7H,1H3,(H,18,19). The average Bonchev–Trinajstić information content (AvgIpc) is 2.43. The molecule has 0 saturated heterocycles. The molecule has 0 aliphatic heterocycles. The predicted molar refractivity (Wildman–Crippen MR) is 90.0 cm³/mol. The van der Waals surface area contributed by atoms with E-state index in [9.17, 15) is 13.2 Å². The van der Waals surface area contributed by atoms with Crippen molar-refractivity contribution in [1.82, 2.24) is 0 Å². The number of anilines is 1. The first kappa shape index (κ1) is 17.9. The second-order valence-electron chi connectivity index (χ2n) is 4.43. The third-order valence-electron chi connectivity index (χ3n) is 2.61. The molecule has 1 N–H and O–H groups in total. The van der Waals surface area contributed by atoms with Crippen molar-refractivity contribution in [3.63, 3.8) is 0 Å². The lowest BCUT2D eigenvalue weighted by molar-refractivity contribution is -0.114. The van der Waals surface area contributed by atoms with Crippen LogP contribution in [-0.4, -0.2) is 14.3 Å². The first-order chi connectivity index (χ1) is 10.7. The number of amides is 1. The highest BCUT2D eigenvalue weighted by Gasteiger charge is 2.22. The van der Waals surface area contributed by atoms with Crippen LogP contribution in [0.25, 0.3) is 0 Å². The molecule has 0 bridgehead atoms. The van der Waals surface area contributed by atoms with Crippen LogP contribution in [0, 0.1) is 0 Å². The second kappa shape index (κ2) is 6.97. The van der Waals surface area contributed by atoms with Gasteiger partial charge in [0.1, 0.15) is 4.90 Å². The molecule has 1 amide bonds. The first-order valence-corrected chi connectivity index (χ1v) is 8.70. The molecule has 9 heteroatoms. The highest BCUT2D eigenvalue weighted by Crippen LogP contribution is 2.33. The molecule has 0 spiro atoms. The van der Waals surface area contributed by atoms with Crippen LogP contribution < -0.4 is 9.50 Å². The maximum atomic E-state index is 12.4. The van der Waals surface area contributed by atoms with Crippen LogP contribution in [-0.2, 0) is 14.9 Å². The molecule has 0 radical (unpaired) electrons. The van der Waals surface area contributed by atoms with Crippen molar-refractivity contribution < 1.29 is 17.4 Å². The minimum Gasteiger partial charge on any atom is -0.377 e. The number of carbonyl (C=O) groups is 1. The summed E-state index contributed by atoms with van der Waals surface area (Å²) in [4.78, 5) is 10.9. The monoisotopic (exact) mass is 393 g/mol. The zero-order valence-electron chi connectivity index (χ0n) is 11.6. The molecule has 0 heterocycles. The van der Waals surface area contributed by atoms with E-state index in [1.54, 1.807) is 0 Å². The van der Waals surface area contributed by atoms with E-state index in [0.29, 0.717) is 5.02 Å². The number of carbonyl (C=O) groups excluding carboxylic acids is 1. The van der Waals surface area contributed by atoms with E-state index in [0.717, 1.165) is 0 Å². The van der Waals surface area contributed by atoms with E-state index >= 15 is 0 Å². The lowest BCUT2D eigenvalue weighted by Gasteiger charge is -2.13. The Balaban J connectivity index is 2.45. The molecule has 0 aliphatic carbocycles. The van der Waals surface area contributed by atoms with Crippen molar-refractivity contribution in [3.05, 3.63) is 51.5 Å². The van der Waals surface area contributed by atoms with Crippen molar-refractivity contribution in [2.75, 3.05) is 5.32 Å². The highest BCUT2D eigenvalue weighted by molar-refractivity contribution is 7.87. The lowest BCUT2D eigenvalue weighted by Crippen LogP contribution is -2.13. The number of hydrogen-bond acceptors (Lipinski definition) is 4. The van der Waals surface area contributed by atoms with Crippen molar-refractivity contribution in [1.29, 1.82) is 0 Å². The fourth-order valence-electron chi connectivity index (χ4n) is 1.69. The van der Waals surface area contributed by atoms with Gasteiger partial charge in [0.15, 0.2) is 5.75 Å². The Morgan fingerprint density at radius 1 is 1.04 bits per heavy atom. The number of rotatable bonds is 4. The predicted octanol–water partition coefficient (Wildman–Crippen LogP) is 4.37. The number of benzene rings is 2. The zero-order chi connectivity index (χ0) is 17.2. The van der Waals surface area contributed by atoms with Gasteiger partial charge in [-0.3, -0.25) is 4.79 Å². The largest absolute Gasteiger partial charge is 0.377 e. The van der Waals surface area contributed by atoms with Crippen LogP contribution >= 0.6 is 34.8 Å². The maximum absolute atomic E-state index is 12.4. The molecular weight excluding hydrogens is 385 g/mol. The lowest BCUT2D eigenvalue weighted by atomic mass is 10.3. The molecule has 0 saturated carbocycles. The van der Waals surface area contributed by atoms with E-state index in [-0.39, 0.29) is 26.4 Å². The van der Waals surface area contributed by atoms with Gasteiger partial charge in [-0.15, -0.1) is 0 Å². The number of nitrogens with one attached hydrogen (secondary N) is 1. The molecule has 5 nitrogen and oxygen atoms in total. The molecule has 0 fully saturated rings. The van der Waals surface area contributed by atoms with Gasteiger partial charge in [-0.05, 0) is 36.4 Å².